The number of ether oxygens (including phenoxy) is 1. The van der Waals surface area contributed by atoms with Crippen LogP contribution in [0.4, 0.5) is 5.69 Å². The summed E-state index contributed by atoms with van der Waals surface area (Å²) in [6.07, 6.45) is 1.47. The Labute approximate surface area is 184 Å². The first-order chi connectivity index (χ1) is 15.0. The van der Waals surface area contributed by atoms with Crippen molar-refractivity contribution in [2.24, 2.45) is 4.99 Å². The molecule has 0 aromatic heterocycles. The number of guanidine groups is 1. The fourth-order valence-corrected chi connectivity index (χ4v) is 3.58. The zero-order chi connectivity index (χ0) is 22.1. The number of hydrogen-bond donors (Lipinski definition) is 3. The topological polar surface area (TPSA) is 78.0 Å². The van der Waals surface area contributed by atoms with Crippen LogP contribution in [0.15, 0.2) is 53.5 Å². The third-order valence-electron chi connectivity index (χ3n) is 5.25. The molecule has 0 fully saturated rings. The lowest BCUT2D eigenvalue weighted by molar-refractivity contribution is -0.116. The Morgan fingerprint density at radius 2 is 1.94 bits per heavy atom. The van der Waals surface area contributed by atoms with Gasteiger partial charge in [0.2, 0.25) is 5.91 Å². The molecule has 1 aliphatic rings. The highest BCUT2D eigenvalue weighted by molar-refractivity contribution is 5.94. The minimum atomic E-state index is 0.0532. The molecule has 3 rings (SSSR count). The van der Waals surface area contributed by atoms with E-state index in [0.717, 1.165) is 35.5 Å². The molecule has 31 heavy (non-hydrogen) atoms. The summed E-state index contributed by atoms with van der Waals surface area (Å²) in [7, 11) is 5.88. The van der Waals surface area contributed by atoms with Crippen molar-refractivity contribution in [3.05, 3.63) is 59.7 Å². The number of nitrogens with one attached hydrogen (secondary N) is 3. The summed E-state index contributed by atoms with van der Waals surface area (Å²) in [6.45, 7) is 3.03. The van der Waals surface area contributed by atoms with Crippen LogP contribution in [0.2, 0.25) is 0 Å². The van der Waals surface area contributed by atoms with Gasteiger partial charge in [0, 0.05) is 44.7 Å². The standard InChI is InChI=1S/C24H33N5O2/c1-25-24(27-17-19-15-23(30)28-22-8-5-4-7-21(19)22)26-16-18-9-11-20(12-10-18)31-14-6-13-29(2)3/h4-5,7-12,19H,6,13-17H2,1-3H3,(H,28,30)(H2,25,26,27). The number of amides is 1. The number of hydrogen-bond acceptors (Lipinski definition) is 4. The number of anilines is 1. The van der Waals surface area contributed by atoms with E-state index in [1.54, 1.807) is 7.05 Å². The summed E-state index contributed by atoms with van der Waals surface area (Å²) in [5.41, 5.74) is 3.20. The molecular weight excluding hydrogens is 390 g/mol. The zero-order valence-corrected chi connectivity index (χ0v) is 18.6. The summed E-state index contributed by atoms with van der Waals surface area (Å²) in [5.74, 6) is 1.77. The Balaban J connectivity index is 1.45. The van der Waals surface area contributed by atoms with Gasteiger partial charge in [-0.2, -0.15) is 0 Å². The third kappa shape index (κ3) is 7.00. The Bertz CT molecular complexity index is 880. The molecule has 1 aliphatic heterocycles. The minimum absolute atomic E-state index is 0.0532. The number of aliphatic imine (C=N–C) groups is 1. The van der Waals surface area contributed by atoms with E-state index in [0.29, 0.717) is 32.1 Å². The summed E-state index contributed by atoms with van der Waals surface area (Å²) >= 11 is 0. The highest BCUT2D eigenvalue weighted by Gasteiger charge is 2.24. The molecule has 1 amide bonds. The monoisotopic (exact) mass is 423 g/mol. The van der Waals surface area contributed by atoms with Gasteiger partial charge in [0.15, 0.2) is 5.96 Å². The smallest absolute Gasteiger partial charge is 0.225 e. The van der Waals surface area contributed by atoms with Crippen molar-refractivity contribution in [2.45, 2.75) is 25.3 Å². The number of carbonyl (C=O) groups is 1. The van der Waals surface area contributed by atoms with Crippen molar-refractivity contribution >= 4 is 17.6 Å². The van der Waals surface area contributed by atoms with Crippen molar-refractivity contribution < 1.29 is 9.53 Å². The quantitative estimate of drug-likeness (QED) is 0.328. The van der Waals surface area contributed by atoms with Crippen LogP contribution in [0.1, 0.15) is 29.9 Å². The van der Waals surface area contributed by atoms with Crippen molar-refractivity contribution in [1.29, 1.82) is 0 Å². The van der Waals surface area contributed by atoms with Crippen LogP contribution >= 0.6 is 0 Å². The van der Waals surface area contributed by atoms with Gasteiger partial charge in [0.25, 0.3) is 0 Å². The highest BCUT2D eigenvalue weighted by Crippen LogP contribution is 2.31. The van der Waals surface area contributed by atoms with E-state index in [1.165, 1.54) is 0 Å². The van der Waals surface area contributed by atoms with E-state index >= 15 is 0 Å². The molecule has 7 nitrogen and oxygen atoms in total. The molecule has 0 saturated carbocycles. The fourth-order valence-electron chi connectivity index (χ4n) is 3.58. The Hall–Kier alpha value is -3.06. The lowest BCUT2D eigenvalue weighted by Crippen LogP contribution is -2.40. The van der Waals surface area contributed by atoms with Crippen LogP contribution in [0.5, 0.6) is 5.75 Å². The average molecular weight is 424 g/mol. The van der Waals surface area contributed by atoms with Gasteiger partial charge in [0.05, 0.1) is 6.61 Å². The molecule has 1 heterocycles. The van der Waals surface area contributed by atoms with Gasteiger partial charge in [-0.25, -0.2) is 0 Å². The maximum absolute atomic E-state index is 12.0. The highest BCUT2D eigenvalue weighted by atomic mass is 16.5. The fraction of sp³-hybridized carbons (Fsp3) is 0.417. The number of carbonyl (C=O) groups excluding carboxylic acids is 1. The molecule has 0 spiro atoms. The lowest BCUT2D eigenvalue weighted by Gasteiger charge is -2.26. The molecule has 0 aliphatic carbocycles. The normalized spacial score (nSPS) is 15.9. The Morgan fingerprint density at radius 3 is 2.68 bits per heavy atom. The van der Waals surface area contributed by atoms with Gasteiger partial charge >= 0.3 is 0 Å². The zero-order valence-electron chi connectivity index (χ0n) is 18.6. The molecule has 0 radical (unpaired) electrons. The van der Waals surface area contributed by atoms with Crippen molar-refractivity contribution in [3.63, 3.8) is 0 Å². The van der Waals surface area contributed by atoms with Crippen molar-refractivity contribution in [1.82, 2.24) is 15.5 Å². The first kappa shape index (κ1) is 22.6. The van der Waals surface area contributed by atoms with E-state index in [4.69, 9.17) is 4.74 Å². The van der Waals surface area contributed by atoms with Gasteiger partial charge < -0.3 is 25.6 Å². The van der Waals surface area contributed by atoms with Gasteiger partial charge in [-0.15, -0.1) is 0 Å². The minimum Gasteiger partial charge on any atom is -0.494 e. The van der Waals surface area contributed by atoms with E-state index in [9.17, 15) is 4.79 Å². The molecule has 2 aromatic carbocycles. The maximum atomic E-state index is 12.0. The second kappa shape index (κ2) is 11.4. The summed E-state index contributed by atoms with van der Waals surface area (Å²) < 4.78 is 5.79. The lowest BCUT2D eigenvalue weighted by atomic mass is 9.90. The van der Waals surface area contributed by atoms with E-state index in [1.807, 2.05) is 30.3 Å². The second-order valence-corrected chi connectivity index (χ2v) is 7.99. The molecule has 166 valence electrons. The molecule has 2 aromatic rings. The predicted molar refractivity (Wildman–Crippen MR) is 126 cm³/mol. The number of para-hydroxylation sites is 1. The summed E-state index contributed by atoms with van der Waals surface area (Å²) in [5, 5.41) is 9.63. The Kier molecular flexibility index (Phi) is 8.29. The van der Waals surface area contributed by atoms with Crippen molar-refractivity contribution in [2.75, 3.05) is 46.2 Å². The van der Waals surface area contributed by atoms with Gasteiger partial charge in [-0.3, -0.25) is 9.79 Å². The number of nitrogens with zero attached hydrogens (tertiary/aromatic N) is 2. The van der Waals surface area contributed by atoms with E-state index in [-0.39, 0.29) is 11.8 Å². The number of fused-ring (bicyclic) bond motifs is 1. The summed E-state index contributed by atoms with van der Waals surface area (Å²) in [6, 6.07) is 16.1. The number of rotatable bonds is 9. The van der Waals surface area contributed by atoms with Crippen LogP contribution in [-0.2, 0) is 11.3 Å². The van der Waals surface area contributed by atoms with Crippen molar-refractivity contribution in [3.8, 4) is 5.75 Å². The second-order valence-electron chi connectivity index (χ2n) is 7.99. The molecule has 7 heteroatoms. The van der Waals surface area contributed by atoms with Gasteiger partial charge in [-0.05, 0) is 49.8 Å². The average Bonchev–Trinajstić information content (AvgIpc) is 2.77. The SMILES string of the molecule is CN=C(NCc1ccc(OCCCN(C)C)cc1)NCC1CC(=O)Nc2ccccc21. The molecule has 1 unspecified atom stereocenters. The molecule has 1 atom stereocenters. The first-order valence-electron chi connectivity index (χ1n) is 10.7. The first-order valence-corrected chi connectivity index (χ1v) is 10.7. The number of benzene rings is 2. The van der Waals surface area contributed by atoms with Crippen LogP contribution in [0, 0.1) is 0 Å². The maximum Gasteiger partial charge on any atom is 0.225 e. The molecular formula is C24H33N5O2. The van der Waals surface area contributed by atoms with E-state index < -0.39 is 0 Å². The largest absolute Gasteiger partial charge is 0.494 e. The van der Waals surface area contributed by atoms with Gasteiger partial charge in [-0.1, -0.05) is 30.3 Å². The molecule has 0 saturated heterocycles. The van der Waals surface area contributed by atoms with Crippen LogP contribution in [0.25, 0.3) is 0 Å². The predicted octanol–water partition coefficient (Wildman–Crippen LogP) is 2.81. The van der Waals surface area contributed by atoms with Crippen LogP contribution in [0.3, 0.4) is 0 Å². The third-order valence-corrected chi connectivity index (χ3v) is 5.25. The van der Waals surface area contributed by atoms with Gasteiger partial charge in [0.1, 0.15) is 5.75 Å². The molecule has 3 N–H and O–H groups in total. The van der Waals surface area contributed by atoms with Crippen LogP contribution < -0.4 is 20.7 Å². The van der Waals surface area contributed by atoms with Crippen LogP contribution in [-0.4, -0.2) is 57.6 Å². The molecule has 0 bridgehead atoms. The van der Waals surface area contributed by atoms with E-state index in [2.05, 4.69) is 58.1 Å². The Morgan fingerprint density at radius 1 is 1.16 bits per heavy atom. The summed E-state index contributed by atoms with van der Waals surface area (Å²) in [4.78, 5) is 18.5.